The molecule has 3 saturated heterocycles. The Morgan fingerprint density at radius 3 is 2.35 bits per heavy atom. The third-order valence-corrected chi connectivity index (χ3v) is 11.9. The zero-order valence-corrected chi connectivity index (χ0v) is 30.2. The number of alkyl halides is 5. The van der Waals surface area contributed by atoms with Crippen LogP contribution in [0.4, 0.5) is 38.5 Å². The summed E-state index contributed by atoms with van der Waals surface area (Å²) in [5.74, 6) is -0.265. The van der Waals surface area contributed by atoms with Gasteiger partial charge in [-0.2, -0.15) is 31.4 Å². The molecule has 55 heavy (non-hydrogen) atoms. The van der Waals surface area contributed by atoms with Crippen LogP contribution in [-0.2, 0) is 27.9 Å². The Balaban J connectivity index is 0.957. The molecule has 2 N–H and O–H groups in total. The summed E-state index contributed by atoms with van der Waals surface area (Å²) >= 11 is 0. The molecule has 0 unspecified atom stereocenters. The first-order valence-corrected chi connectivity index (χ1v) is 19.2. The van der Waals surface area contributed by atoms with E-state index >= 15 is 0 Å². The van der Waals surface area contributed by atoms with E-state index in [9.17, 15) is 40.0 Å². The van der Waals surface area contributed by atoms with Crippen molar-refractivity contribution in [2.45, 2.75) is 74.8 Å². The van der Waals surface area contributed by atoms with Gasteiger partial charge in [-0.15, -0.1) is 0 Å². The highest BCUT2D eigenvalue weighted by Crippen LogP contribution is 2.35. The quantitative estimate of drug-likeness (QED) is 0.197. The van der Waals surface area contributed by atoms with Gasteiger partial charge in [-0.05, 0) is 80.1 Å². The molecule has 3 fully saturated rings. The molecule has 0 saturated carbocycles. The minimum absolute atomic E-state index is 0.00862. The Bertz CT molecular complexity index is 2140. The number of fused-ring (bicyclic) bond motifs is 1. The Morgan fingerprint density at radius 2 is 1.67 bits per heavy atom. The molecular weight excluding hydrogens is 754 g/mol. The molecule has 4 aromatic rings. The van der Waals surface area contributed by atoms with Gasteiger partial charge < -0.3 is 10.1 Å². The van der Waals surface area contributed by atoms with E-state index in [0.29, 0.717) is 37.9 Å². The van der Waals surface area contributed by atoms with Gasteiger partial charge in [0.15, 0.2) is 11.6 Å². The topological polar surface area (TPSA) is 155 Å². The number of nitrogens with zero attached hydrogens (tertiary/aromatic N) is 7. The number of urea groups is 1. The van der Waals surface area contributed by atoms with E-state index in [1.807, 2.05) is 12.1 Å². The van der Waals surface area contributed by atoms with Crippen LogP contribution in [0.3, 0.4) is 0 Å². The number of halogens is 5. The lowest BCUT2D eigenvalue weighted by molar-refractivity contribution is -0.141. The Kier molecular flexibility index (Phi) is 10.9. The van der Waals surface area contributed by atoms with E-state index in [1.54, 1.807) is 30.3 Å². The fourth-order valence-corrected chi connectivity index (χ4v) is 8.84. The van der Waals surface area contributed by atoms with Crippen molar-refractivity contribution in [1.29, 1.82) is 0 Å². The summed E-state index contributed by atoms with van der Waals surface area (Å²) in [6.07, 6.45) is 0.165. The van der Waals surface area contributed by atoms with Gasteiger partial charge in [-0.1, -0.05) is 18.2 Å². The number of nitrogens with one attached hydrogen (secondary N) is 2. The van der Waals surface area contributed by atoms with E-state index in [2.05, 4.69) is 35.3 Å². The van der Waals surface area contributed by atoms with Crippen LogP contribution in [0.15, 0.2) is 59.8 Å². The van der Waals surface area contributed by atoms with Crippen LogP contribution in [-0.4, -0.2) is 101 Å². The molecule has 20 heteroatoms. The maximum absolute atomic E-state index is 13.6. The molecule has 2 aromatic heterocycles. The Morgan fingerprint density at radius 1 is 0.945 bits per heavy atom. The predicted octanol–water partition coefficient (Wildman–Crippen LogP) is 5.08. The molecule has 7 rings (SSSR count). The summed E-state index contributed by atoms with van der Waals surface area (Å²) in [6.45, 7) is -1.89. The average molecular weight is 792 g/mol. The molecule has 0 spiro atoms. The fourth-order valence-electron chi connectivity index (χ4n) is 7.30. The van der Waals surface area contributed by atoms with Crippen LogP contribution >= 0.6 is 0 Å². The molecule has 0 bridgehead atoms. The molecule has 3 aliphatic heterocycles. The van der Waals surface area contributed by atoms with Crippen molar-refractivity contribution >= 4 is 44.6 Å². The lowest BCUT2D eigenvalue weighted by atomic mass is 9.89. The number of anilines is 2. The largest absolute Gasteiger partial charge is 0.432 e. The van der Waals surface area contributed by atoms with Crippen molar-refractivity contribution in [3.63, 3.8) is 0 Å². The monoisotopic (exact) mass is 791 g/mol. The van der Waals surface area contributed by atoms with Crippen LogP contribution in [0.1, 0.15) is 49.1 Å². The Hall–Kier alpha value is -4.95. The van der Waals surface area contributed by atoms with Crippen LogP contribution in [0.5, 0.6) is 5.75 Å². The maximum atomic E-state index is 13.6. The second-order valence-electron chi connectivity index (χ2n) is 13.8. The number of likely N-dealkylation sites (tertiary alicyclic amines) is 1. The number of aromatic nitrogens is 4. The van der Waals surface area contributed by atoms with E-state index in [-0.39, 0.29) is 65.9 Å². The van der Waals surface area contributed by atoms with Gasteiger partial charge in [0.25, 0.3) is 0 Å². The summed E-state index contributed by atoms with van der Waals surface area (Å²) in [7, 11) is -3.78. The van der Waals surface area contributed by atoms with Crippen molar-refractivity contribution in [3.8, 4) is 5.75 Å². The molecule has 0 radical (unpaired) electrons. The molecule has 0 atom stereocenters. The number of hydrogen-bond donors (Lipinski definition) is 2. The number of piperidine rings is 2. The number of carbonyl (C=O) groups is 2. The lowest BCUT2D eigenvalue weighted by Crippen LogP contribution is -2.49. The second kappa shape index (κ2) is 15.7. The summed E-state index contributed by atoms with van der Waals surface area (Å²) in [4.78, 5) is 35.8. The molecule has 2 aromatic carbocycles. The number of rotatable bonds is 11. The summed E-state index contributed by atoms with van der Waals surface area (Å²) in [5.41, 5.74) is 1.94. The Labute approximate surface area is 312 Å². The van der Waals surface area contributed by atoms with Gasteiger partial charge in [0, 0.05) is 44.0 Å². The van der Waals surface area contributed by atoms with Crippen molar-refractivity contribution < 1.29 is 44.7 Å². The molecule has 3 amide bonds. The molecular formula is C35H38F5N9O5S. The number of hydrogen-bond acceptors (Lipinski definition) is 10. The summed E-state index contributed by atoms with van der Waals surface area (Å²) in [6, 6.07) is 11.3. The average Bonchev–Trinajstić information content (AvgIpc) is 3.48. The zero-order valence-electron chi connectivity index (χ0n) is 29.4. The first-order chi connectivity index (χ1) is 26.2. The highest BCUT2D eigenvalue weighted by atomic mass is 32.2. The summed E-state index contributed by atoms with van der Waals surface area (Å²) < 4.78 is 99.3. The van der Waals surface area contributed by atoms with Gasteiger partial charge in [0.2, 0.25) is 21.9 Å². The minimum atomic E-state index is -4.55. The van der Waals surface area contributed by atoms with Crippen LogP contribution in [0.2, 0.25) is 0 Å². The van der Waals surface area contributed by atoms with E-state index in [0.717, 1.165) is 41.0 Å². The number of sulfonamides is 1. The first kappa shape index (κ1) is 38.3. The van der Waals surface area contributed by atoms with Crippen molar-refractivity contribution in [2.24, 2.45) is 0 Å². The number of benzene rings is 2. The normalized spacial score (nSPS) is 18.6. The van der Waals surface area contributed by atoms with Gasteiger partial charge >= 0.3 is 18.8 Å². The number of ether oxygens (including phenoxy) is 1. The van der Waals surface area contributed by atoms with Crippen molar-refractivity contribution in [2.75, 3.05) is 42.9 Å². The van der Waals surface area contributed by atoms with Gasteiger partial charge in [0.1, 0.15) is 6.54 Å². The lowest BCUT2D eigenvalue weighted by Gasteiger charge is -2.33. The number of amides is 3. The van der Waals surface area contributed by atoms with Crippen molar-refractivity contribution in [3.05, 3.63) is 66.0 Å². The van der Waals surface area contributed by atoms with Gasteiger partial charge in [-0.25, -0.2) is 23.2 Å². The van der Waals surface area contributed by atoms with Gasteiger partial charge in [-0.3, -0.25) is 24.6 Å². The minimum Gasteiger partial charge on any atom is -0.432 e. The van der Waals surface area contributed by atoms with E-state index < -0.39 is 41.3 Å². The zero-order chi connectivity index (χ0) is 38.9. The number of carbonyl (C=O) groups excluding carboxylic acids is 2. The summed E-state index contributed by atoms with van der Waals surface area (Å²) in [5, 5.41) is 9.85. The fraction of sp³-hybridized carbons (Fsp3) is 0.457. The SMILES string of the molecule is O=C1CCN(c2nn(CC(F)(F)F)c3cc(C4CCN(Cc5cccc(S(=O)(=O)N6CCC(Nc7ncc(OC(F)F)cn7)CC6)c5)CC4)ccc23)C(=O)N1. The maximum Gasteiger partial charge on any atom is 0.408 e. The van der Waals surface area contributed by atoms with Crippen molar-refractivity contribution in [1.82, 2.24) is 34.3 Å². The second-order valence-corrected chi connectivity index (χ2v) is 15.7. The molecule has 0 aliphatic carbocycles. The molecule has 3 aliphatic rings. The highest BCUT2D eigenvalue weighted by Gasteiger charge is 2.34. The van der Waals surface area contributed by atoms with E-state index in [1.165, 1.54) is 9.21 Å². The van der Waals surface area contributed by atoms with Crippen LogP contribution < -0.4 is 20.3 Å². The third-order valence-electron chi connectivity index (χ3n) is 10.0. The molecule has 294 valence electrons. The van der Waals surface area contributed by atoms with E-state index in [4.69, 9.17) is 0 Å². The molecule has 14 nitrogen and oxygen atoms in total. The first-order valence-electron chi connectivity index (χ1n) is 17.8. The third kappa shape index (κ3) is 8.97. The molecule has 5 heterocycles. The van der Waals surface area contributed by atoms with Crippen LogP contribution in [0, 0.1) is 0 Å². The smallest absolute Gasteiger partial charge is 0.408 e. The van der Waals surface area contributed by atoms with Crippen LogP contribution in [0.25, 0.3) is 10.9 Å². The number of imide groups is 1. The standard InChI is InChI=1S/C35H38F5N9O5S/c36-32(37)54-26-18-41-33(42-19-26)43-25-8-13-47(14-9-25)55(52,53)27-3-1-2-22(16-27)20-46-11-6-23(7-12-46)24-4-5-28-29(17-24)49(21-35(38,39)40)45-31(28)48-15-10-30(50)44-34(48)51/h1-5,16-19,23,25,32H,6-15,20-21H2,(H,41,42,43)(H,44,50,51). The van der Waals surface area contributed by atoms with Gasteiger partial charge in [0.05, 0.1) is 22.8 Å². The highest BCUT2D eigenvalue weighted by molar-refractivity contribution is 7.89. The predicted molar refractivity (Wildman–Crippen MR) is 189 cm³/mol.